The third-order valence-corrected chi connectivity index (χ3v) is 2.71. The summed E-state index contributed by atoms with van der Waals surface area (Å²) in [4.78, 5) is 0. The molecule has 0 N–H and O–H groups in total. The molecule has 1 aromatic carbocycles. The minimum absolute atomic E-state index is 0.352. The molecule has 0 radical (unpaired) electrons. The van der Waals surface area contributed by atoms with E-state index in [4.69, 9.17) is 21.6 Å². The van der Waals surface area contributed by atoms with Crippen LogP contribution in [0.1, 0.15) is 5.56 Å². The number of hydrogen-bond donors (Lipinski definition) is 0. The highest BCUT2D eigenvalue weighted by Gasteiger charge is 2.06. The molecule has 0 fully saturated rings. The summed E-state index contributed by atoms with van der Waals surface area (Å²) < 4.78 is 7.05. The number of aromatic nitrogens is 4. The van der Waals surface area contributed by atoms with Crippen molar-refractivity contribution < 1.29 is 4.74 Å². The number of halogens is 1. The molecule has 0 aliphatic heterocycles. The minimum Gasteiger partial charge on any atom is -0.436 e. The van der Waals surface area contributed by atoms with Gasteiger partial charge in [-0.3, -0.25) is 0 Å². The number of nitriles is 1. The summed E-state index contributed by atoms with van der Waals surface area (Å²) >= 11 is 6.02. The zero-order valence-corrected chi connectivity index (χ0v) is 10.2. The maximum atomic E-state index is 8.76. The van der Waals surface area contributed by atoms with E-state index in [1.54, 1.807) is 24.3 Å². The van der Waals surface area contributed by atoms with Crippen molar-refractivity contribution >= 4 is 17.2 Å². The van der Waals surface area contributed by atoms with Crippen molar-refractivity contribution in [3.63, 3.8) is 0 Å². The molecule has 2 heterocycles. The van der Waals surface area contributed by atoms with E-state index in [2.05, 4.69) is 15.3 Å². The van der Waals surface area contributed by atoms with Gasteiger partial charge in [0.15, 0.2) is 5.65 Å². The first-order valence-electron chi connectivity index (χ1n) is 5.31. The highest BCUT2D eigenvalue weighted by Crippen LogP contribution is 2.29. The van der Waals surface area contributed by atoms with Gasteiger partial charge >= 0.3 is 0 Å². The van der Waals surface area contributed by atoms with Gasteiger partial charge in [0.25, 0.3) is 0 Å². The largest absolute Gasteiger partial charge is 0.436 e. The summed E-state index contributed by atoms with van der Waals surface area (Å²) in [5, 5.41) is 20.8. The lowest BCUT2D eigenvalue weighted by molar-refractivity contribution is 0.452. The summed E-state index contributed by atoms with van der Waals surface area (Å²) in [6.07, 6.45) is 1.47. The molecule has 0 atom stereocenters. The average molecular weight is 272 g/mol. The first-order valence-corrected chi connectivity index (χ1v) is 5.68. The van der Waals surface area contributed by atoms with Gasteiger partial charge in [0, 0.05) is 6.07 Å². The lowest BCUT2D eigenvalue weighted by atomic mass is 10.2. The fourth-order valence-electron chi connectivity index (χ4n) is 1.53. The molecule has 7 heteroatoms. The van der Waals surface area contributed by atoms with Crippen LogP contribution < -0.4 is 4.74 Å². The molecule has 92 valence electrons. The Bertz CT molecular complexity index is 792. The number of fused-ring (bicyclic) bond motifs is 1. The number of ether oxygens (including phenoxy) is 1. The van der Waals surface area contributed by atoms with Crippen LogP contribution >= 0.6 is 11.6 Å². The Morgan fingerprint density at radius 1 is 1.26 bits per heavy atom. The van der Waals surface area contributed by atoms with E-state index in [9.17, 15) is 0 Å². The summed E-state index contributed by atoms with van der Waals surface area (Å²) in [7, 11) is 0. The van der Waals surface area contributed by atoms with Gasteiger partial charge in [0.1, 0.15) is 12.1 Å². The van der Waals surface area contributed by atoms with E-state index in [1.165, 1.54) is 16.9 Å². The molecular weight excluding hydrogens is 266 g/mol. The summed E-state index contributed by atoms with van der Waals surface area (Å²) in [5.74, 6) is 0.791. The molecule has 0 amide bonds. The molecule has 0 spiro atoms. The highest BCUT2D eigenvalue weighted by molar-refractivity contribution is 6.32. The lowest BCUT2D eigenvalue weighted by Gasteiger charge is -2.06. The molecule has 2 aromatic heterocycles. The SMILES string of the molecule is N#Cc1ccc(Oc2ccc3nncn3n2)c(Cl)c1. The zero-order valence-electron chi connectivity index (χ0n) is 9.49. The van der Waals surface area contributed by atoms with Crippen LogP contribution in [-0.2, 0) is 0 Å². The fourth-order valence-corrected chi connectivity index (χ4v) is 1.75. The standard InChI is InChI=1S/C12H6ClN5O/c13-9-5-8(6-14)1-2-10(9)19-12-4-3-11-16-15-7-18(11)17-12/h1-5,7H. The number of nitrogens with zero attached hydrogens (tertiary/aromatic N) is 5. The van der Waals surface area contributed by atoms with Gasteiger partial charge in [-0.1, -0.05) is 11.6 Å². The molecule has 6 nitrogen and oxygen atoms in total. The normalized spacial score (nSPS) is 10.3. The van der Waals surface area contributed by atoms with Crippen molar-refractivity contribution in [2.24, 2.45) is 0 Å². The number of benzene rings is 1. The Kier molecular flexibility index (Phi) is 2.74. The van der Waals surface area contributed by atoms with Gasteiger partial charge < -0.3 is 4.74 Å². The third kappa shape index (κ3) is 2.19. The zero-order chi connectivity index (χ0) is 13.2. The van der Waals surface area contributed by atoms with E-state index in [0.29, 0.717) is 27.9 Å². The second-order valence-corrected chi connectivity index (χ2v) is 4.07. The quantitative estimate of drug-likeness (QED) is 0.715. The second kappa shape index (κ2) is 4.55. The van der Waals surface area contributed by atoms with E-state index in [1.807, 2.05) is 6.07 Å². The minimum atomic E-state index is 0.352. The van der Waals surface area contributed by atoms with Crippen LogP contribution in [0.4, 0.5) is 0 Å². The molecule has 0 aliphatic rings. The topological polar surface area (TPSA) is 76.1 Å². The van der Waals surface area contributed by atoms with Crippen molar-refractivity contribution in [1.82, 2.24) is 19.8 Å². The molecule has 0 unspecified atom stereocenters. The fraction of sp³-hybridized carbons (Fsp3) is 0. The van der Waals surface area contributed by atoms with Crippen molar-refractivity contribution in [3.8, 4) is 17.7 Å². The molecular formula is C12H6ClN5O. The predicted molar refractivity (Wildman–Crippen MR) is 67.0 cm³/mol. The summed E-state index contributed by atoms with van der Waals surface area (Å²) in [5.41, 5.74) is 1.10. The van der Waals surface area contributed by atoms with Gasteiger partial charge in [-0.2, -0.15) is 9.78 Å². The smallest absolute Gasteiger partial charge is 0.237 e. The first kappa shape index (κ1) is 11.4. The van der Waals surface area contributed by atoms with Gasteiger partial charge in [0.2, 0.25) is 5.88 Å². The van der Waals surface area contributed by atoms with Crippen molar-refractivity contribution in [1.29, 1.82) is 5.26 Å². The Hall–Kier alpha value is -2.65. The van der Waals surface area contributed by atoms with Crippen LogP contribution in [0.2, 0.25) is 5.02 Å². The van der Waals surface area contributed by atoms with E-state index < -0.39 is 0 Å². The predicted octanol–water partition coefficient (Wildman–Crippen LogP) is 2.44. The van der Waals surface area contributed by atoms with Crippen LogP contribution in [-0.4, -0.2) is 19.8 Å². The Morgan fingerprint density at radius 2 is 2.16 bits per heavy atom. The van der Waals surface area contributed by atoms with Gasteiger partial charge in [-0.25, -0.2) is 0 Å². The highest BCUT2D eigenvalue weighted by atomic mass is 35.5. The average Bonchev–Trinajstić information content (AvgIpc) is 2.88. The molecule has 0 saturated heterocycles. The maximum absolute atomic E-state index is 8.76. The van der Waals surface area contributed by atoms with Crippen LogP contribution in [0.25, 0.3) is 5.65 Å². The Labute approximate surface area is 112 Å². The Balaban J connectivity index is 1.94. The van der Waals surface area contributed by atoms with E-state index in [-0.39, 0.29) is 0 Å². The second-order valence-electron chi connectivity index (χ2n) is 3.66. The van der Waals surface area contributed by atoms with Crippen LogP contribution in [0.5, 0.6) is 11.6 Å². The van der Waals surface area contributed by atoms with Crippen LogP contribution in [0, 0.1) is 11.3 Å². The molecule has 3 aromatic rings. The maximum Gasteiger partial charge on any atom is 0.237 e. The van der Waals surface area contributed by atoms with Crippen molar-refractivity contribution in [2.45, 2.75) is 0 Å². The molecule has 0 bridgehead atoms. The molecule has 19 heavy (non-hydrogen) atoms. The lowest BCUT2D eigenvalue weighted by Crippen LogP contribution is -1.95. The van der Waals surface area contributed by atoms with Crippen molar-refractivity contribution in [2.75, 3.05) is 0 Å². The molecule has 0 saturated carbocycles. The van der Waals surface area contributed by atoms with Crippen LogP contribution in [0.15, 0.2) is 36.7 Å². The van der Waals surface area contributed by atoms with E-state index >= 15 is 0 Å². The molecule has 0 aliphatic carbocycles. The number of rotatable bonds is 2. The van der Waals surface area contributed by atoms with E-state index in [0.717, 1.165) is 0 Å². The first-order chi connectivity index (χ1) is 9.26. The van der Waals surface area contributed by atoms with Gasteiger partial charge in [0.05, 0.1) is 16.7 Å². The monoisotopic (exact) mass is 271 g/mol. The van der Waals surface area contributed by atoms with Crippen molar-refractivity contribution in [3.05, 3.63) is 47.2 Å². The molecule has 3 rings (SSSR count). The summed E-state index contributed by atoms with van der Waals surface area (Å²) in [6.45, 7) is 0. The van der Waals surface area contributed by atoms with Gasteiger partial charge in [-0.05, 0) is 24.3 Å². The summed E-state index contributed by atoms with van der Waals surface area (Å²) in [6, 6.07) is 10.2. The number of hydrogen-bond acceptors (Lipinski definition) is 5. The van der Waals surface area contributed by atoms with Crippen LogP contribution in [0.3, 0.4) is 0 Å². The Morgan fingerprint density at radius 3 is 2.95 bits per heavy atom. The third-order valence-electron chi connectivity index (χ3n) is 2.41. The van der Waals surface area contributed by atoms with Gasteiger partial charge in [-0.15, -0.1) is 15.3 Å².